The molecule has 0 spiro atoms. The monoisotopic (exact) mass is 273 g/mol. The molecule has 1 rings (SSSR count). The zero-order valence-corrected chi connectivity index (χ0v) is 11.9. The summed E-state index contributed by atoms with van der Waals surface area (Å²) < 4.78 is 13.1. The fourth-order valence-electron chi connectivity index (χ4n) is 1.72. The van der Waals surface area contributed by atoms with Gasteiger partial charge in [-0.05, 0) is 36.5 Å². The molecule has 1 unspecified atom stereocenters. The van der Waals surface area contributed by atoms with Gasteiger partial charge in [0.25, 0.3) is 0 Å². The first kappa shape index (κ1) is 15.4. The number of halogens is 2. The van der Waals surface area contributed by atoms with E-state index in [0.717, 1.165) is 18.5 Å². The van der Waals surface area contributed by atoms with E-state index in [2.05, 4.69) is 19.2 Å². The number of hydrogen-bond donors (Lipinski definition) is 2. The number of hydrogen-bond acceptors (Lipinski definition) is 2. The molecule has 0 aliphatic heterocycles. The van der Waals surface area contributed by atoms with Gasteiger partial charge in [-0.15, -0.1) is 0 Å². The fraction of sp³-hybridized carbons (Fsp3) is 0.571. The minimum atomic E-state index is -0.395. The molecule has 0 aliphatic rings. The molecular weight excluding hydrogens is 253 g/mol. The van der Waals surface area contributed by atoms with Crippen molar-refractivity contribution in [2.75, 3.05) is 13.2 Å². The van der Waals surface area contributed by atoms with Crippen LogP contribution in [0, 0.1) is 11.2 Å². The molecule has 18 heavy (non-hydrogen) atoms. The Morgan fingerprint density at radius 2 is 2.11 bits per heavy atom. The number of aliphatic hydroxyl groups is 1. The van der Waals surface area contributed by atoms with Gasteiger partial charge >= 0.3 is 0 Å². The van der Waals surface area contributed by atoms with Crippen LogP contribution < -0.4 is 5.32 Å². The minimum absolute atomic E-state index is 0.0346. The molecule has 0 fully saturated rings. The van der Waals surface area contributed by atoms with E-state index in [4.69, 9.17) is 16.7 Å². The van der Waals surface area contributed by atoms with E-state index >= 15 is 0 Å². The van der Waals surface area contributed by atoms with Crippen LogP contribution in [-0.4, -0.2) is 18.3 Å². The lowest BCUT2D eigenvalue weighted by molar-refractivity contribution is 0.204. The van der Waals surface area contributed by atoms with Crippen LogP contribution in [0.1, 0.15) is 38.8 Å². The van der Waals surface area contributed by atoms with Gasteiger partial charge in [0.15, 0.2) is 0 Å². The Balaban J connectivity index is 2.60. The Hall–Kier alpha value is -0.640. The second-order valence-corrected chi connectivity index (χ2v) is 5.82. The third-order valence-corrected chi connectivity index (χ3v) is 3.41. The average molecular weight is 274 g/mol. The van der Waals surface area contributed by atoms with Crippen molar-refractivity contribution < 1.29 is 9.50 Å². The first-order valence-electron chi connectivity index (χ1n) is 6.15. The van der Waals surface area contributed by atoms with Crippen LogP contribution >= 0.6 is 11.6 Å². The molecule has 0 aromatic heterocycles. The van der Waals surface area contributed by atoms with Gasteiger partial charge in [0.05, 0.1) is 5.02 Å². The lowest BCUT2D eigenvalue weighted by Gasteiger charge is -2.26. The van der Waals surface area contributed by atoms with Gasteiger partial charge in [-0.25, -0.2) is 4.39 Å². The van der Waals surface area contributed by atoms with Crippen LogP contribution in [0.2, 0.25) is 5.02 Å². The van der Waals surface area contributed by atoms with E-state index in [-0.39, 0.29) is 23.1 Å². The highest BCUT2D eigenvalue weighted by Crippen LogP contribution is 2.23. The summed E-state index contributed by atoms with van der Waals surface area (Å²) in [5.41, 5.74) is 0.994. The molecule has 1 aromatic carbocycles. The molecule has 0 amide bonds. The van der Waals surface area contributed by atoms with Crippen LogP contribution in [0.25, 0.3) is 0 Å². The molecule has 102 valence electrons. The smallest absolute Gasteiger partial charge is 0.141 e. The third kappa shape index (κ3) is 4.56. The topological polar surface area (TPSA) is 32.3 Å². The highest BCUT2D eigenvalue weighted by molar-refractivity contribution is 6.30. The largest absolute Gasteiger partial charge is 0.396 e. The minimum Gasteiger partial charge on any atom is -0.396 e. The molecule has 2 nitrogen and oxygen atoms in total. The number of rotatable bonds is 6. The van der Waals surface area contributed by atoms with Crippen molar-refractivity contribution in [1.29, 1.82) is 0 Å². The van der Waals surface area contributed by atoms with Crippen molar-refractivity contribution in [2.45, 2.75) is 33.2 Å². The van der Waals surface area contributed by atoms with Gasteiger partial charge < -0.3 is 10.4 Å². The first-order valence-corrected chi connectivity index (χ1v) is 6.53. The zero-order chi connectivity index (χ0) is 13.8. The van der Waals surface area contributed by atoms with Crippen molar-refractivity contribution in [1.82, 2.24) is 5.32 Å². The standard InChI is InChI=1S/C14H21ClFNO/c1-10(17-9-14(2,3)6-7-18)11-4-5-13(16)12(15)8-11/h4-5,8,10,17-18H,6-7,9H2,1-3H3. The normalized spacial score (nSPS) is 13.7. The number of aliphatic hydroxyl groups excluding tert-OH is 1. The van der Waals surface area contributed by atoms with Gasteiger partial charge in [0, 0.05) is 19.2 Å². The summed E-state index contributed by atoms with van der Waals surface area (Å²) in [6.45, 7) is 7.18. The highest BCUT2D eigenvalue weighted by Gasteiger charge is 2.18. The van der Waals surface area contributed by atoms with Gasteiger partial charge in [0.1, 0.15) is 5.82 Å². The zero-order valence-electron chi connectivity index (χ0n) is 11.1. The van der Waals surface area contributed by atoms with E-state index < -0.39 is 5.82 Å². The highest BCUT2D eigenvalue weighted by atomic mass is 35.5. The third-order valence-electron chi connectivity index (χ3n) is 3.12. The van der Waals surface area contributed by atoms with Crippen molar-refractivity contribution in [3.05, 3.63) is 34.6 Å². The van der Waals surface area contributed by atoms with E-state index in [1.807, 2.05) is 6.92 Å². The predicted molar refractivity (Wildman–Crippen MR) is 73.3 cm³/mol. The molecule has 0 radical (unpaired) electrons. The second-order valence-electron chi connectivity index (χ2n) is 5.41. The molecule has 0 saturated carbocycles. The Labute approximate surface area is 113 Å². The van der Waals surface area contributed by atoms with Crippen LogP contribution in [0.15, 0.2) is 18.2 Å². The molecule has 4 heteroatoms. The number of nitrogens with one attached hydrogen (secondary N) is 1. The molecule has 0 saturated heterocycles. The van der Waals surface area contributed by atoms with Gasteiger partial charge in [-0.3, -0.25) is 0 Å². The van der Waals surface area contributed by atoms with E-state index in [1.54, 1.807) is 12.1 Å². The summed E-state index contributed by atoms with van der Waals surface area (Å²) in [6, 6.07) is 4.86. The van der Waals surface area contributed by atoms with Crippen molar-refractivity contribution in [3.63, 3.8) is 0 Å². The van der Waals surface area contributed by atoms with Gasteiger partial charge in [-0.2, -0.15) is 0 Å². The molecule has 1 aromatic rings. The van der Waals surface area contributed by atoms with Crippen LogP contribution in [0.4, 0.5) is 4.39 Å². The van der Waals surface area contributed by atoms with Crippen LogP contribution in [0.3, 0.4) is 0 Å². The first-order chi connectivity index (χ1) is 8.35. The van der Waals surface area contributed by atoms with Crippen molar-refractivity contribution in [2.24, 2.45) is 5.41 Å². The quantitative estimate of drug-likeness (QED) is 0.831. The summed E-state index contributed by atoms with van der Waals surface area (Å²) in [7, 11) is 0. The second kappa shape index (κ2) is 6.50. The molecule has 0 heterocycles. The van der Waals surface area contributed by atoms with Crippen molar-refractivity contribution in [3.8, 4) is 0 Å². The van der Waals surface area contributed by atoms with Crippen molar-refractivity contribution >= 4 is 11.6 Å². The van der Waals surface area contributed by atoms with Gasteiger partial charge in [-0.1, -0.05) is 31.5 Å². The lowest BCUT2D eigenvalue weighted by atomic mass is 9.89. The summed E-state index contributed by atoms with van der Waals surface area (Å²) >= 11 is 5.76. The molecule has 2 N–H and O–H groups in total. The molecular formula is C14H21ClFNO. The Morgan fingerprint density at radius 1 is 1.44 bits per heavy atom. The maximum atomic E-state index is 13.1. The maximum Gasteiger partial charge on any atom is 0.141 e. The van der Waals surface area contributed by atoms with E-state index in [1.165, 1.54) is 6.07 Å². The molecule has 0 aliphatic carbocycles. The van der Waals surface area contributed by atoms with Crippen LogP contribution in [0.5, 0.6) is 0 Å². The predicted octanol–water partition coefficient (Wildman–Crippen LogP) is 3.54. The molecule has 0 bridgehead atoms. The lowest BCUT2D eigenvalue weighted by Crippen LogP contribution is -2.32. The van der Waals surface area contributed by atoms with E-state index in [9.17, 15) is 4.39 Å². The van der Waals surface area contributed by atoms with E-state index in [0.29, 0.717) is 0 Å². The summed E-state index contributed by atoms with van der Waals surface area (Å²) in [5, 5.41) is 12.5. The average Bonchev–Trinajstić information content (AvgIpc) is 2.30. The summed E-state index contributed by atoms with van der Waals surface area (Å²) in [6.07, 6.45) is 0.747. The Bertz CT molecular complexity index is 395. The number of benzene rings is 1. The Kier molecular flexibility index (Phi) is 5.57. The summed E-state index contributed by atoms with van der Waals surface area (Å²) in [4.78, 5) is 0. The Morgan fingerprint density at radius 3 is 2.67 bits per heavy atom. The maximum absolute atomic E-state index is 13.1. The SMILES string of the molecule is CC(NCC(C)(C)CCO)c1ccc(F)c(Cl)c1. The van der Waals surface area contributed by atoms with Gasteiger partial charge in [0.2, 0.25) is 0 Å². The summed E-state index contributed by atoms with van der Waals surface area (Å²) in [5.74, 6) is -0.395. The molecule has 1 atom stereocenters. The van der Waals surface area contributed by atoms with Crippen LogP contribution in [-0.2, 0) is 0 Å². The fourth-order valence-corrected chi connectivity index (χ4v) is 1.91.